The van der Waals surface area contributed by atoms with Crippen LogP contribution in [0.2, 0.25) is 0 Å². The normalized spacial score (nSPS) is 15.1. The molecule has 3 rings (SSSR count). The van der Waals surface area contributed by atoms with Crippen molar-refractivity contribution in [3.63, 3.8) is 0 Å². The van der Waals surface area contributed by atoms with Gasteiger partial charge in [0.05, 0.1) is 18.2 Å². The number of piperidine rings is 1. The van der Waals surface area contributed by atoms with Crippen LogP contribution in [0, 0.1) is 11.3 Å². The fourth-order valence-electron chi connectivity index (χ4n) is 3.34. The molecule has 0 radical (unpaired) electrons. The smallest absolute Gasteiger partial charge is 0.318 e. The fraction of sp³-hybridized carbons (Fsp3) is 0.450. The molecule has 1 saturated heterocycles. The highest BCUT2D eigenvalue weighted by Gasteiger charge is 2.23. The molecular formula is C20H25N5O. The summed E-state index contributed by atoms with van der Waals surface area (Å²) in [4.78, 5) is 13.3. The van der Waals surface area contributed by atoms with Gasteiger partial charge < -0.3 is 9.64 Å². The number of aromatic nitrogens is 2. The summed E-state index contributed by atoms with van der Waals surface area (Å²) in [5.74, 6) is 0.941. The summed E-state index contributed by atoms with van der Waals surface area (Å²) in [6.45, 7) is 5.37. The van der Waals surface area contributed by atoms with Gasteiger partial charge in [-0.25, -0.2) is 4.98 Å². The fourth-order valence-corrected chi connectivity index (χ4v) is 3.34. The van der Waals surface area contributed by atoms with E-state index in [0.29, 0.717) is 24.2 Å². The van der Waals surface area contributed by atoms with Crippen molar-refractivity contribution in [3.05, 3.63) is 47.7 Å². The molecule has 2 heterocycles. The Bertz CT molecular complexity index is 748. The van der Waals surface area contributed by atoms with Gasteiger partial charge in [0.1, 0.15) is 5.82 Å². The first-order valence-electron chi connectivity index (χ1n) is 9.09. The van der Waals surface area contributed by atoms with Crippen molar-refractivity contribution in [2.45, 2.75) is 32.4 Å². The van der Waals surface area contributed by atoms with Gasteiger partial charge in [0.2, 0.25) is 0 Å². The summed E-state index contributed by atoms with van der Waals surface area (Å²) < 4.78 is 5.40. The third-order valence-corrected chi connectivity index (χ3v) is 4.82. The van der Waals surface area contributed by atoms with Crippen molar-refractivity contribution >= 4 is 5.82 Å². The van der Waals surface area contributed by atoms with Crippen molar-refractivity contribution in [1.82, 2.24) is 14.9 Å². The van der Waals surface area contributed by atoms with Crippen LogP contribution in [0.4, 0.5) is 5.82 Å². The summed E-state index contributed by atoms with van der Waals surface area (Å²) in [6.07, 6.45) is 3.96. The maximum Gasteiger partial charge on any atom is 0.318 e. The maximum atomic E-state index is 8.90. The van der Waals surface area contributed by atoms with Crippen molar-refractivity contribution < 1.29 is 4.74 Å². The van der Waals surface area contributed by atoms with Gasteiger partial charge in [-0.2, -0.15) is 10.2 Å². The zero-order valence-electron chi connectivity index (χ0n) is 15.4. The molecule has 0 saturated carbocycles. The molecule has 0 unspecified atom stereocenters. The molecule has 2 aromatic rings. The van der Waals surface area contributed by atoms with Crippen molar-refractivity contribution in [2.75, 3.05) is 31.6 Å². The average Bonchev–Trinajstić information content (AvgIpc) is 2.69. The average molecular weight is 351 g/mol. The van der Waals surface area contributed by atoms with Crippen LogP contribution in [0.15, 0.2) is 36.5 Å². The van der Waals surface area contributed by atoms with Gasteiger partial charge in [0.25, 0.3) is 0 Å². The molecule has 136 valence electrons. The number of ether oxygens (including phenoxy) is 1. The third kappa shape index (κ3) is 4.50. The van der Waals surface area contributed by atoms with Crippen molar-refractivity contribution in [3.8, 4) is 12.1 Å². The number of nitriles is 1. The monoisotopic (exact) mass is 351 g/mol. The van der Waals surface area contributed by atoms with E-state index in [1.165, 1.54) is 5.56 Å². The van der Waals surface area contributed by atoms with Gasteiger partial charge in [-0.3, -0.25) is 4.90 Å². The number of benzene rings is 1. The van der Waals surface area contributed by atoms with Crippen LogP contribution in [0.25, 0.3) is 0 Å². The van der Waals surface area contributed by atoms with Gasteiger partial charge in [-0.05, 0) is 50.6 Å². The van der Waals surface area contributed by atoms with E-state index in [9.17, 15) is 0 Å². The van der Waals surface area contributed by atoms with Gasteiger partial charge in [0, 0.05) is 31.9 Å². The van der Waals surface area contributed by atoms with Gasteiger partial charge in [0.15, 0.2) is 0 Å². The van der Waals surface area contributed by atoms with Gasteiger partial charge in [-0.15, -0.1) is 0 Å². The lowest BCUT2D eigenvalue weighted by Crippen LogP contribution is -2.43. The first-order valence-corrected chi connectivity index (χ1v) is 9.09. The quantitative estimate of drug-likeness (QED) is 0.797. The molecule has 26 heavy (non-hydrogen) atoms. The molecule has 0 spiro atoms. The summed E-state index contributed by atoms with van der Waals surface area (Å²) >= 11 is 0. The topological polar surface area (TPSA) is 65.3 Å². The Morgan fingerprint density at radius 1 is 1.23 bits per heavy atom. The lowest BCUT2D eigenvalue weighted by Gasteiger charge is -2.37. The number of hydrogen-bond donors (Lipinski definition) is 0. The minimum Gasteiger partial charge on any atom is -0.464 e. The molecule has 6 nitrogen and oxygen atoms in total. The molecule has 1 fully saturated rings. The maximum absolute atomic E-state index is 8.90. The van der Waals surface area contributed by atoms with Crippen LogP contribution in [-0.4, -0.2) is 47.7 Å². The standard InChI is InChI=1S/C20H25N5O/c1-3-26-20-22-11-8-19(23-20)25-12-9-18(10-13-25)24(2)15-17-6-4-16(14-21)5-7-17/h4-8,11,18H,3,9-10,12-13,15H2,1-2H3. The number of hydrogen-bond acceptors (Lipinski definition) is 6. The summed E-state index contributed by atoms with van der Waals surface area (Å²) in [5.41, 5.74) is 1.95. The van der Waals surface area contributed by atoms with Crippen LogP contribution in [0.5, 0.6) is 6.01 Å². The first-order chi connectivity index (χ1) is 12.7. The van der Waals surface area contributed by atoms with E-state index in [-0.39, 0.29) is 0 Å². The molecule has 0 aliphatic carbocycles. The molecule has 1 aromatic carbocycles. The summed E-state index contributed by atoms with van der Waals surface area (Å²) in [6, 6.07) is 13.0. The molecular weight excluding hydrogens is 326 g/mol. The third-order valence-electron chi connectivity index (χ3n) is 4.82. The van der Waals surface area contributed by atoms with E-state index in [1.807, 2.05) is 37.3 Å². The van der Waals surface area contributed by atoms with Crippen molar-refractivity contribution in [2.24, 2.45) is 0 Å². The molecule has 0 N–H and O–H groups in total. The summed E-state index contributed by atoms with van der Waals surface area (Å²) in [5, 5.41) is 8.90. The van der Waals surface area contributed by atoms with Crippen molar-refractivity contribution in [1.29, 1.82) is 5.26 Å². The second-order valence-corrected chi connectivity index (χ2v) is 6.57. The number of nitrogens with zero attached hydrogens (tertiary/aromatic N) is 5. The zero-order chi connectivity index (χ0) is 18.4. The number of anilines is 1. The van der Waals surface area contributed by atoms with Gasteiger partial charge >= 0.3 is 6.01 Å². The van der Waals surface area contributed by atoms with E-state index in [4.69, 9.17) is 10.00 Å². The Balaban J connectivity index is 1.54. The Morgan fingerprint density at radius 2 is 1.96 bits per heavy atom. The van der Waals surface area contributed by atoms with E-state index in [0.717, 1.165) is 38.3 Å². The van der Waals surface area contributed by atoms with E-state index in [1.54, 1.807) is 6.20 Å². The molecule has 0 amide bonds. The number of rotatable bonds is 6. The molecule has 0 atom stereocenters. The summed E-state index contributed by atoms with van der Waals surface area (Å²) in [7, 11) is 2.18. The minimum absolute atomic E-state index is 0.449. The Morgan fingerprint density at radius 3 is 2.62 bits per heavy atom. The molecule has 6 heteroatoms. The largest absolute Gasteiger partial charge is 0.464 e. The van der Waals surface area contributed by atoms with Crippen LogP contribution in [0.1, 0.15) is 30.9 Å². The highest BCUT2D eigenvalue weighted by atomic mass is 16.5. The van der Waals surface area contributed by atoms with E-state index >= 15 is 0 Å². The van der Waals surface area contributed by atoms with Crippen LogP contribution in [-0.2, 0) is 6.54 Å². The Kier molecular flexibility index (Phi) is 6.03. The molecule has 1 aliphatic rings. The molecule has 0 bridgehead atoms. The highest BCUT2D eigenvalue weighted by Crippen LogP contribution is 2.22. The minimum atomic E-state index is 0.449. The Labute approximate surface area is 155 Å². The second kappa shape index (κ2) is 8.63. The first kappa shape index (κ1) is 18.2. The van der Waals surface area contributed by atoms with Gasteiger partial charge in [-0.1, -0.05) is 12.1 Å². The predicted molar refractivity (Wildman–Crippen MR) is 101 cm³/mol. The lowest BCUT2D eigenvalue weighted by molar-refractivity contribution is 0.200. The zero-order valence-corrected chi connectivity index (χ0v) is 15.4. The SMILES string of the molecule is CCOc1nccc(N2CCC(N(C)Cc3ccc(C#N)cc3)CC2)n1. The Hall–Kier alpha value is -2.65. The predicted octanol–water partition coefficient (Wildman–Crippen LogP) is 2.85. The van der Waals surface area contributed by atoms with E-state index < -0.39 is 0 Å². The van der Waals surface area contributed by atoms with Crippen LogP contribution < -0.4 is 9.64 Å². The lowest BCUT2D eigenvalue weighted by atomic mass is 10.0. The van der Waals surface area contributed by atoms with E-state index in [2.05, 4.69) is 32.9 Å². The highest BCUT2D eigenvalue weighted by molar-refractivity contribution is 5.39. The van der Waals surface area contributed by atoms with Crippen LogP contribution >= 0.6 is 0 Å². The molecule has 1 aromatic heterocycles. The second-order valence-electron chi connectivity index (χ2n) is 6.57. The molecule has 1 aliphatic heterocycles. The van der Waals surface area contributed by atoms with Crippen LogP contribution in [0.3, 0.4) is 0 Å².